The van der Waals surface area contributed by atoms with Crippen molar-refractivity contribution in [3.63, 3.8) is 0 Å². The highest BCUT2D eigenvalue weighted by molar-refractivity contribution is 8.13. The molecule has 108 valence electrons. The lowest BCUT2D eigenvalue weighted by Gasteiger charge is -2.13. The van der Waals surface area contributed by atoms with Gasteiger partial charge in [-0.15, -0.1) is 0 Å². The molecule has 0 amide bonds. The van der Waals surface area contributed by atoms with Gasteiger partial charge in [-0.25, -0.2) is 13.4 Å². The van der Waals surface area contributed by atoms with Gasteiger partial charge in [-0.3, -0.25) is 0 Å². The topological polar surface area (TPSA) is 61.2 Å². The van der Waals surface area contributed by atoms with Crippen molar-refractivity contribution >= 4 is 19.7 Å². The van der Waals surface area contributed by atoms with E-state index in [4.69, 9.17) is 15.4 Å². The largest absolute Gasteiger partial charge is 0.485 e. The summed E-state index contributed by atoms with van der Waals surface area (Å²) in [6.45, 7) is 3.89. The zero-order chi connectivity index (χ0) is 14.9. The molecule has 0 radical (unpaired) electrons. The van der Waals surface area contributed by atoms with Gasteiger partial charge in [-0.1, -0.05) is 0 Å². The molecule has 0 aliphatic carbocycles. The van der Waals surface area contributed by atoms with Crippen molar-refractivity contribution in [2.45, 2.75) is 25.3 Å². The van der Waals surface area contributed by atoms with E-state index in [2.05, 4.69) is 4.98 Å². The molecule has 20 heavy (non-hydrogen) atoms. The van der Waals surface area contributed by atoms with Crippen LogP contribution in [-0.4, -0.2) is 18.0 Å². The van der Waals surface area contributed by atoms with E-state index in [1.54, 1.807) is 20.0 Å². The predicted octanol–water partition coefficient (Wildman–Crippen LogP) is 2.54. The number of hydrogen-bond acceptors (Lipinski definition) is 4. The summed E-state index contributed by atoms with van der Waals surface area (Å²) in [5, 5.41) is 0. The maximum atomic E-state index is 11.3. The van der Waals surface area contributed by atoms with Crippen LogP contribution in [0, 0.1) is 13.8 Å². The molecule has 0 saturated heterocycles. The lowest BCUT2D eigenvalue weighted by Crippen LogP contribution is -2.05. The summed E-state index contributed by atoms with van der Waals surface area (Å²) in [5.41, 5.74) is 1.44. The highest BCUT2D eigenvalue weighted by atomic mass is 35.7. The van der Waals surface area contributed by atoms with Crippen LogP contribution < -0.4 is 4.74 Å². The highest BCUT2D eigenvalue weighted by Gasteiger charge is 2.15. The molecule has 0 atom stereocenters. The fourth-order valence-corrected chi connectivity index (χ4v) is 2.85. The van der Waals surface area contributed by atoms with Crippen molar-refractivity contribution in [1.29, 1.82) is 0 Å². The summed E-state index contributed by atoms with van der Waals surface area (Å²) in [6.07, 6.45) is 3.53. The van der Waals surface area contributed by atoms with E-state index in [1.807, 2.05) is 17.8 Å². The van der Waals surface area contributed by atoms with Gasteiger partial charge in [0.25, 0.3) is 9.05 Å². The van der Waals surface area contributed by atoms with Crippen LogP contribution in [0.3, 0.4) is 0 Å². The van der Waals surface area contributed by atoms with Gasteiger partial charge in [-0.2, -0.15) is 0 Å². The van der Waals surface area contributed by atoms with Crippen LogP contribution in [0.15, 0.2) is 29.4 Å². The van der Waals surface area contributed by atoms with Crippen molar-refractivity contribution in [2.75, 3.05) is 0 Å². The van der Waals surface area contributed by atoms with Gasteiger partial charge in [-0.05, 0) is 37.1 Å². The zero-order valence-electron chi connectivity index (χ0n) is 11.4. The molecule has 1 heterocycles. The monoisotopic (exact) mass is 314 g/mol. The van der Waals surface area contributed by atoms with E-state index in [0.29, 0.717) is 12.4 Å². The van der Waals surface area contributed by atoms with Crippen LogP contribution >= 0.6 is 10.7 Å². The summed E-state index contributed by atoms with van der Waals surface area (Å²) in [7, 11) is 3.51. The van der Waals surface area contributed by atoms with Gasteiger partial charge in [0.05, 0.1) is 4.90 Å². The minimum absolute atomic E-state index is 0.0820. The molecule has 1 aromatic carbocycles. The van der Waals surface area contributed by atoms with Crippen LogP contribution in [0.1, 0.15) is 17.0 Å². The number of ether oxygens (including phenoxy) is 1. The molecule has 1 aromatic heterocycles. The van der Waals surface area contributed by atoms with Crippen molar-refractivity contribution in [3.8, 4) is 5.75 Å². The highest BCUT2D eigenvalue weighted by Crippen LogP contribution is 2.28. The van der Waals surface area contributed by atoms with E-state index in [9.17, 15) is 8.42 Å². The fraction of sp³-hybridized carbons (Fsp3) is 0.308. The Morgan fingerprint density at radius 1 is 1.30 bits per heavy atom. The van der Waals surface area contributed by atoms with E-state index in [1.165, 1.54) is 12.1 Å². The van der Waals surface area contributed by atoms with E-state index < -0.39 is 9.05 Å². The summed E-state index contributed by atoms with van der Waals surface area (Å²) in [4.78, 5) is 4.25. The van der Waals surface area contributed by atoms with Crippen molar-refractivity contribution < 1.29 is 13.2 Å². The lowest BCUT2D eigenvalue weighted by atomic mass is 10.1. The first-order chi connectivity index (χ1) is 9.29. The second-order valence-corrected chi connectivity index (χ2v) is 7.13. The normalized spacial score (nSPS) is 11.6. The summed E-state index contributed by atoms with van der Waals surface area (Å²) in [5.74, 6) is 1.44. The third kappa shape index (κ3) is 3.13. The molecule has 0 spiro atoms. The Kier molecular flexibility index (Phi) is 4.06. The first-order valence-electron chi connectivity index (χ1n) is 5.94. The molecule has 5 nitrogen and oxygen atoms in total. The number of rotatable bonds is 4. The van der Waals surface area contributed by atoms with Crippen LogP contribution in [0.5, 0.6) is 5.75 Å². The first kappa shape index (κ1) is 14.9. The Bertz CT molecular complexity index is 715. The van der Waals surface area contributed by atoms with Gasteiger partial charge < -0.3 is 9.30 Å². The number of imidazole rings is 1. The maximum Gasteiger partial charge on any atom is 0.261 e. The Morgan fingerprint density at radius 2 is 1.90 bits per heavy atom. The molecule has 0 unspecified atom stereocenters. The molecule has 2 aromatic rings. The number of benzene rings is 1. The van der Waals surface area contributed by atoms with Crippen molar-refractivity contribution in [2.24, 2.45) is 7.05 Å². The van der Waals surface area contributed by atoms with Crippen molar-refractivity contribution in [3.05, 3.63) is 41.5 Å². The SMILES string of the molecule is Cc1cc(S(=O)(=O)Cl)cc(C)c1OCc1nccn1C. The summed E-state index contributed by atoms with van der Waals surface area (Å²) >= 11 is 0. The molecule has 0 aliphatic rings. The Balaban J connectivity index is 2.27. The van der Waals surface area contributed by atoms with Gasteiger partial charge in [0.2, 0.25) is 0 Å². The smallest absolute Gasteiger partial charge is 0.261 e. The number of nitrogens with zero attached hydrogens (tertiary/aromatic N) is 2. The predicted molar refractivity (Wildman–Crippen MR) is 76.5 cm³/mol. The first-order valence-corrected chi connectivity index (χ1v) is 8.25. The standard InChI is InChI=1S/C13H15ClN2O3S/c1-9-6-11(20(14,17)18)7-10(2)13(9)19-8-12-15-4-5-16(12)3/h4-7H,8H2,1-3H3. The Morgan fingerprint density at radius 3 is 2.35 bits per heavy atom. The molecule has 0 aliphatic heterocycles. The molecular weight excluding hydrogens is 300 g/mol. The van der Waals surface area contributed by atoms with Crippen molar-refractivity contribution in [1.82, 2.24) is 9.55 Å². The molecule has 2 rings (SSSR count). The zero-order valence-corrected chi connectivity index (χ0v) is 13.0. The van der Waals surface area contributed by atoms with Gasteiger partial charge in [0, 0.05) is 30.1 Å². The molecule has 0 fully saturated rings. The van der Waals surface area contributed by atoms with Crippen LogP contribution in [0.2, 0.25) is 0 Å². The number of hydrogen-bond donors (Lipinski definition) is 0. The van der Waals surface area contributed by atoms with E-state index >= 15 is 0 Å². The van der Waals surface area contributed by atoms with Crippen LogP contribution in [-0.2, 0) is 22.7 Å². The molecule has 7 heteroatoms. The third-order valence-corrected chi connectivity index (χ3v) is 4.32. The summed E-state index contributed by atoms with van der Waals surface area (Å²) in [6, 6.07) is 3.01. The van der Waals surface area contributed by atoms with Crippen LogP contribution in [0.25, 0.3) is 0 Å². The minimum atomic E-state index is -3.73. The van der Waals surface area contributed by atoms with Gasteiger partial charge in [0.1, 0.15) is 18.2 Å². The maximum absolute atomic E-state index is 11.3. The third-order valence-electron chi connectivity index (χ3n) is 2.98. The fourth-order valence-electron chi connectivity index (χ4n) is 1.95. The average Bonchev–Trinajstić information content (AvgIpc) is 2.72. The van der Waals surface area contributed by atoms with Gasteiger partial charge in [0.15, 0.2) is 0 Å². The Labute approximate surface area is 122 Å². The molecule has 0 N–H and O–H groups in total. The quantitative estimate of drug-likeness (QED) is 0.814. The lowest BCUT2D eigenvalue weighted by molar-refractivity contribution is 0.287. The number of aryl methyl sites for hydroxylation is 3. The number of halogens is 1. The second kappa shape index (κ2) is 5.46. The average molecular weight is 315 g/mol. The van der Waals surface area contributed by atoms with E-state index in [-0.39, 0.29) is 4.90 Å². The molecular formula is C13H15ClN2O3S. The molecule has 0 saturated carbocycles. The number of aromatic nitrogens is 2. The molecule has 0 bridgehead atoms. The second-order valence-electron chi connectivity index (χ2n) is 4.57. The Hall–Kier alpha value is -1.53. The van der Waals surface area contributed by atoms with Gasteiger partial charge >= 0.3 is 0 Å². The van der Waals surface area contributed by atoms with E-state index in [0.717, 1.165) is 17.0 Å². The minimum Gasteiger partial charge on any atom is -0.485 e. The summed E-state index contributed by atoms with van der Waals surface area (Å²) < 4.78 is 30.3. The van der Waals surface area contributed by atoms with Crippen LogP contribution in [0.4, 0.5) is 0 Å².